The smallest absolute Gasteiger partial charge is 0.142 e. The second-order valence-corrected chi connectivity index (χ2v) is 6.20. The molecule has 0 saturated carbocycles. The van der Waals surface area contributed by atoms with Crippen LogP contribution in [0.1, 0.15) is 6.92 Å². The molecule has 1 aromatic rings. The number of piperazine rings is 1. The molecule has 0 radical (unpaired) electrons. The Labute approximate surface area is 121 Å². The third kappa shape index (κ3) is 2.35. The van der Waals surface area contributed by atoms with E-state index >= 15 is 0 Å². The molecule has 0 N–H and O–H groups in total. The molecule has 0 amide bonds. The Bertz CT molecular complexity index is 424. The van der Waals surface area contributed by atoms with Gasteiger partial charge in [-0.3, -0.25) is 4.90 Å². The van der Waals surface area contributed by atoms with Crippen molar-refractivity contribution in [1.29, 1.82) is 0 Å². The number of anilines is 1. The summed E-state index contributed by atoms with van der Waals surface area (Å²) in [6.45, 7) is 7.36. The first kappa shape index (κ1) is 12.6. The van der Waals surface area contributed by atoms with Gasteiger partial charge in [0.2, 0.25) is 0 Å². The van der Waals surface area contributed by atoms with Crippen LogP contribution in [0.2, 0.25) is 0 Å². The van der Waals surface area contributed by atoms with Crippen LogP contribution in [0, 0.1) is 3.57 Å². The van der Waals surface area contributed by atoms with Gasteiger partial charge in [-0.05, 0) is 41.6 Å². The van der Waals surface area contributed by atoms with Crippen molar-refractivity contribution in [3.05, 3.63) is 21.9 Å². The molecule has 1 aromatic heterocycles. The van der Waals surface area contributed by atoms with Crippen LogP contribution >= 0.6 is 22.6 Å². The minimum absolute atomic E-state index is 0.574. The second-order valence-electron chi connectivity index (χ2n) is 5.03. The molecule has 3 heterocycles. The Morgan fingerprint density at radius 3 is 2.83 bits per heavy atom. The number of pyridine rings is 1. The molecule has 3 rings (SSSR count). The van der Waals surface area contributed by atoms with E-state index in [1.807, 2.05) is 12.3 Å². The van der Waals surface area contributed by atoms with Gasteiger partial charge in [0.05, 0.1) is 22.8 Å². The second kappa shape index (κ2) is 5.30. The van der Waals surface area contributed by atoms with E-state index in [0.29, 0.717) is 12.1 Å². The van der Waals surface area contributed by atoms with Crippen LogP contribution < -0.4 is 4.90 Å². The van der Waals surface area contributed by atoms with E-state index in [-0.39, 0.29) is 0 Å². The van der Waals surface area contributed by atoms with Crippen molar-refractivity contribution in [3.63, 3.8) is 0 Å². The number of ether oxygens (including phenoxy) is 1. The fourth-order valence-electron chi connectivity index (χ4n) is 2.73. The standard InChI is InChI=1S/C13H18IN3O/c1-10-7-16(13-12(14)3-2-4-15-13)5-6-17(10)11-8-18-9-11/h2-4,10-11H,5-9H2,1H3/t10-/m0/s1. The molecule has 1 atom stereocenters. The van der Waals surface area contributed by atoms with Crippen molar-refractivity contribution in [2.75, 3.05) is 37.7 Å². The molecular formula is C13H18IN3O. The molecule has 0 spiro atoms. The van der Waals surface area contributed by atoms with Gasteiger partial charge < -0.3 is 9.64 Å². The van der Waals surface area contributed by atoms with Crippen molar-refractivity contribution in [2.24, 2.45) is 0 Å². The molecule has 0 aliphatic carbocycles. The Morgan fingerprint density at radius 1 is 1.39 bits per heavy atom. The maximum Gasteiger partial charge on any atom is 0.142 e. The fourth-order valence-corrected chi connectivity index (χ4v) is 3.42. The molecular weight excluding hydrogens is 341 g/mol. The molecule has 2 aliphatic heterocycles. The van der Waals surface area contributed by atoms with Crippen molar-refractivity contribution < 1.29 is 4.74 Å². The lowest BCUT2D eigenvalue weighted by molar-refractivity contribution is -0.0793. The lowest BCUT2D eigenvalue weighted by Crippen LogP contribution is -2.60. The van der Waals surface area contributed by atoms with Gasteiger partial charge in [0.1, 0.15) is 5.82 Å². The van der Waals surface area contributed by atoms with Crippen LogP contribution in [0.4, 0.5) is 5.82 Å². The summed E-state index contributed by atoms with van der Waals surface area (Å²) in [5, 5.41) is 0. The lowest BCUT2D eigenvalue weighted by atomic mass is 10.1. The van der Waals surface area contributed by atoms with Gasteiger partial charge in [0, 0.05) is 31.9 Å². The summed E-state index contributed by atoms with van der Waals surface area (Å²) in [5.41, 5.74) is 0. The number of hydrogen-bond donors (Lipinski definition) is 0. The Morgan fingerprint density at radius 2 is 2.22 bits per heavy atom. The quantitative estimate of drug-likeness (QED) is 0.750. The Kier molecular flexibility index (Phi) is 3.72. The maximum atomic E-state index is 5.30. The van der Waals surface area contributed by atoms with Gasteiger partial charge >= 0.3 is 0 Å². The summed E-state index contributed by atoms with van der Waals surface area (Å²) in [6, 6.07) is 5.34. The van der Waals surface area contributed by atoms with Crippen molar-refractivity contribution in [1.82, 2.24) is 9.88 Å². The lowest BCUT2D eigenvalue weighted by Gasteiger charge is -2.47. The van der Waals surface area contributed by atoms with Crippen molar-refractivity contribution >= 4 is 28.4 Å². The van der Waals surface area contributed by atoms with Crippen LogP contribution in [0.3, 0.4) is 0 Å². The first-order valence-electron chi connectivity index (χ1n) is 6.44. The molecule has 18 heavy (non-hydrogen) atoms. The van der Waals surface area contributed by atoms with E-state index in [4.69, 9.17) is 4.74 Å². The predicted octanol–water partition coefficient (Wildman–Crippen LogP) is 1.60. The summed E-state index contributed by atoms with van der Waals surface area (Å²) >= 11 is 2.37. The summed E-state index contributed by atoms with van der Waals surface area (Å²) < 4.78 is 6.54. The zero-order valence-corrected chi connectivity index (χ0v) is 12.7. The Hall–Kier alpha value is -0.400. The fraction of sp³-hybridized carbons (Fsp3) is 0.615. The van der Waals surface area contributed by atoms with E-state index in [1.165, 1.54) is 3.57 Å². The van der Waals surface area contributed by atoms with E-state index < -0.39 is 0 Å². The average molecular weight is 359 g/mol. The minimum Gasteiger partial charge on any atom is -0.378 e. The number of nitrogens with zero attached hydrogens (tertiary/aromatic N) is 3. The summed E-state index contributed by atoms with van der Waals surface area (Å²) in [6.07, 6.45) is 1.88. The highest BCUT2D eigenvalue weighted by atomic mass is 127. The third-order valence-electron chi connectivity index (χ3n) is 3.81. The molecule has 0 unspecified atom stereocenters. The molecule has 2 fully saturated rings. The Balaban J connectivity index is 1.69. The van der Waals surface area contributed by atoms with Crippen LogP contribution in [-0.2, 0) is 4.74 Å². The molecule has 0 aromatic carbocycles. The highest BCUT2D eigenvalue weighted by Crippen LogP contribution is 2.24. The van der Waals surface area contributed by atoms with Gasteiger partial charge in [-0.25, -0.2) is 4.98 Å². The number of rotatable bonds is 2. The molecule has 5 heteroatoms. The summed E-state index contributed by atoms with van der Waals surface area (Å²) in [4.78, 5) is 9.50. The molecule has 0 bridgehead atoms. The number of hydrogen-bond acceptors (Lipinski definition) is 4. The molecule has 98 valence electrons. The van der Waals surface area contributed by atoms with Gasteiger partial charge in [0.25, 0.3) is 0 Å². The van der Waals surface area contributed by atoms with E-state index in [0.717, 1.165) is 38.7 Å². The highest BCUT2D eigenvalue weighted by molar-refractivity contribution is 14.1. The van der Waals surface area contributed by atoms with E-state index in [2.05, 4.69) is 50.4 Å². The normalized spacial score (nSPS) is 26.1. The zero-order valence-electron chi connectivity index (χ0n) is 10.6. The van der Waals surface area contributed by atoms with Gasteiger partial charge in [0.15, 0.2) is 0 Å². The number of aromatic nitrogens is 1. The first-order valence-corrected chi connectivity index (χ1v) is 7.52. The third-order valence-corrected chi connectivity index (χ3v) is 4.65. The molecule has 2 aliphatic rings. The van der Waals surface area contributed by atoms with Crippen molar-refractivity contribution in [3.8, 4) is 0 Å². The van der Waals surface area contributed by atoms with Gasteiger partial charge in [-0.2, -0.15) is 0 Å². The highest BCUT2D eigenvalue weighted by Gasteiger charge is 2.33. The first-order chi connectivity index (χ1) is 8.75. The summed E-state index contributed by atoms with van der Waals surface area (Å²) in [7, 11) is 0. The summed E-state index contributed by atoms with van der Waals surface area (Å²) in [5.74, 6) is 1.13. The van der Waals surface area contributed by atoms with Crippen LogP contribution in [-0.4, -0.2) is 54.8 Å². The minimum atomic E-state index is 0.574. The van der Waals surface area contributed by atoms with E-state index in [9.17, 15) is 0 Å². The van der Waals surface area contributed by atoms with Crippen LogP contribution in [0.25, 0.3) is 0 Å². The monoisotopic (exact) mass is 359 g/mol. The van der Waals surface area contributed by atoms with Gasteiger partial charge in [-0.15, -0.1) is 0 Å². The SMILES string of the molecule is C[C@H]1CN(c2ncccc2I)CCN1C1COC1. The zero-order chi connectivity index (χ0) is 12.5. The van der Waals surface area contributed by atoms with E-state index in [1.54, 1.807) is 0 Å². The van der Waals surface area contributed by atoms with Crippen molar-refractivity contribution in [2.45, 2.75) is 19.0 Å². The molecule has 4 nitrogen and oxygen atoms in total. The van der Waals surface area contributed by atoms with Crippen LogP contribution in [0.5, 0.6) is 0 Å². The predicted molar refractivity (Wildman–Crippen MR) is 79.9 cm³/mol. The van der Waals surface area contributed by atoms with Crippen LogP contribution in [0.15, 0.2) is 18.3 Å². The van der Waals surface area contributed by atoms with Gasteiger partial charge in [-0.1, -0.05) is 0 Å². The largest absolute Gasteiger partial charge is 0.378 e. The topological polar surface area (TPSA) is 28.6 Å². The average Bonchev–Trinajstić information content (AvgIpc) is 2.30. The molecule has 2 saturated heterocycles. The number of halogens is 1. The maximum absolute atomic E-state index is 5.30.